The van der Waals surface area contributed by atoms with E-state index >= 15 is 0 Å². The van der Waals surface area contributed by atoms with Crippen molar-refractivity contribution >= 4 is 17.3 Å². The number of anilines is 1. The van der Waals surface area contributed by atoms with Gasteiger partial charge in [0.15, 0.2) is 5.82 Å². The standard InChI is InChI=1S/C13H15ClN4O/c1-3-17(4-2)10-9-16-18(13(19)12(10)14)11-7-5-6-8-15-11/h5-9H,3-4H2,1-2H3. The Morgan fingerprint density at radius 1 is 1.32 bits per heavy atom. The van der Waals surface area contributed by atoms with E-state index < -0.39 is 0 Å². The van der Waals surface area contributed by atoms with Crippen LogP contribution in [0.15, 0.2) is 35.4 Å². The van der Waals surface area contributed by atoms with Crippen LogP contribution in [0, 0.1) is 0 Å². The number of pyridine rings is 1. The summed E-state index contributed by atoms with van der Waals surface area (Å²) in [5.41, 5.74) is 0.300. The normalized spacial score (nSPS) is 10.5. The molecule has 0 aromatic carbocycles. The molecule has 2 aromatic rings. The Kier molecular flexibility index (Phi) is 4.16. The second-order valence-electron chi connectivity index (χ2n) is 3.92. The van der Waals surface area contributed by atoms with Crippen molar-refractivity contribution in [3.8, 4) is 5.82 Å². The smallest absolute Gasteiger partial charge is 0.293 e. The number of rotatable bonds is 4. The first-order chi connectivity index (χ1) is 9.19. The second kappa shape index (κ2) is 5.84. The van der Waals surface area contributed by atoms with E-state index in [2.05, 4.69) is 10.1 Å². The fourth-order valence-electron chi connectivity index (χ4n) is 1.85. The van der Waals surface area contributed by atoms with Crippen molar-refractivity contribution in [2.75, 3.05) is 18.0 Å². The Balaban J connectivity index is 2.52. The van der Waals surface area contributed by atoms with Gasteiger partial charge >= 0.3 is 0 Å². The molecule has 100 valence electrons. The van der Waals surface area contributed by atoms with Gasteiger partial charge in [-0.15, -0.1) is 0 Å². The van der Waals surface area contributed by atoms with Gasteiger partial charge in [0.25, 0.3) is 5.56 Å². The molecule has 0 bridgehead atoms. The van der Waals surface area contributed by atoms with Crippen LogP contribution in [-0.4, -0.2) is 27.9 Å². The zero-order valence-corrected chi connectivity index (χ0v) is 11.6. The summed E-state index contributed by atoms with van der Waals surface area (Å²) in [6.45, 7) is 5.55. The molecule has 2 rings (SSSR count). The van der Waals surface area contributed by atoms with Crippen LogP contribution in [0.4, 0.5) is 5.69 Å². The maximum absolute atomic E-state index is 12.2. The van der Waals surface area contributed by atoms with Crippen molar-refractivity contribution in [1.29, 1.82) is 0 Å². The Hall–Kier alpha value is -1.88. The Bertz CT molecular complexity index is 608. The molecule has 0 fully saturated rings. The van der Waals surface area contributed by atoms with E-state index in [4.69, 9.17) is 11.6 Å². The summed E-state index contributed by atoms with van der Waals surface area (Å²) in [5.74, 6) is 0.459. The molecule has 19 heavy (non-hydrogen) atoms. The largest absolute Gasteiger partial charge is 0.369 e. The third kappa shape index (κ3) is 2.61. The highest BCUT2D eigenvalue weighted by molar-refractivity contribution is 6.33. The fourth-order valence-corrected chi connectivity index (χ4v) is 2.10. The Morgan fingerprint density at radius 3 is 2.63 bits per heavy atom. The van der Waals surface area contributed by atoms with Gasteiger partial charge in [-0.05, 0) is 26.0 Å². The van der Waals surface area contributed by atoms with Gasteiger partial charge in [-0.2, -0.15) is 9.78 Å². The predicted molar refractivity (Wildman–Crippen MR) is 76.2 cm³/mol. The van der Waals surface area contributed by atoms with Gasteiger partial charge < -0.3 is 4.90 Å². The van der Waals surface area contributed by atoms with Crippen LogP contribution in [0.2, 0.25) is 5.02 Å². The van der Waals surface area contributed by atoms with Crippen LogP contribution in [0.5, 0.6) is 0 Å². The quantitative estimate of drug-likeness (QED) is 0.860. The summed E-state index contributed by atoms with van der Waals surface area (Å²) in [4.78, 5) is 18.3. The first kappa shape index (κ1) is 13.5. The van der Waals surface area contributed by atoms with Crippen molar-refractivity contribution in [2.45, 2.75) is 13.8 Å². The van der Waals surface area contributed by atoms with Crippen molar-refractivity contribution in [2.24, 2.45) is 0 Å². The minimum atomic E-state index is -0.357. The van der Waals surface area contributed by atoms with Crippen molar-refractivity contribution in [1.82, 2.24) is 14.8 Å². The first-order valence-electron chi connectivity index (χ1n) is 6.13. The lowest BCUT2D eigenvalue weighted by atomic mass is 10.3. The molecular weight excluding hydrogens is 264 g/mol. The monoisotopic (exact) mass is 278 g/mol. The average molecular weight is 279 g/mol. The molecule has 0 saturated carbocycles. The summed E-state index contributed by atoms with van der Waals surface area (Å²) in [6, 6.07) is 5.28. The molecule has 0 aliphatic rings. The number of halogens is 1. The maximum Gasteiger partial charge on any atom is 0.293 e. The highest BCUT2D eigenvalue weighted by Gasteiger charge is 2.14. The van der Waals surface area contributed by atoms with Gasteiger partial charge in [0.05, 0.1) is 11.9 Å². The molecule has 0 spiro atoms. The van der Waals surface area contributed by atoms with Crippen LogP contribution < -0.4 is 10.5 Å². The summed E-state index contributed by atoms with van der Waals surface area (Å²) < 4.78 is 1.20. The van der Waals surface area contributed by atoms with Crippen molar-refractivity contribution < 1.29 is 0 Å². The third-order valence-corrected chi connectivity index (χ3v) is 3.23. The summed E-state index contributed by atoms with van der Waals surface area (Å²) in [7, 11) is 0. The lowest BCUT2D eigenvalue weighted by molar-refractivity contribution is 0.767. The number of nitrogens with zero attached hydrogens (tertiary/aromatic N) is 4. The average Bonchev–Trinajstić information content (AvgIpc) is 2.46. The van der Waals surface area contributed by atoms with Crippen molar-refractivity contribution in [3.05, 3.63) is 46.0 Å². The first-order valence-corrected chi connectivity index (χ1v) is 6.51. The lowest BCUT2D eigenvalue weighted by Crippen LogP contribution is -2.28. The molecule has 0 atom stereocenters. The molecular formula is C13H15ClN4O. The Labute approximate surface area is 116 Å². The van der Waals surface area contributed by atoms with Crippen LogP contribution in [0.25, 0.3) is 5.82 Å². The molecule has 5 nitrogen and oxygen atoms in total. The van der Waals surface area contributed by atoms with Gasteiger partial charge in [0.1, 0.15) is 5.02 Å². The van der Waals surface area contributed by atoms with E-state index in [-0.39, 0.29) is 10.6 Å². The zero-order chi connectivity index (χ0) is 13.8. The van der Waals surface area contributed by atoms with Gasteiger partial charge in [-0.3, -0.25) is 4.79 Å². The van der Waals surface area contributed by atoms with Crippen LogP contribution >= 0.6 is 11.6 Å². The Morgan fingerprint density at radius 2 is 2.05 bits per heavy atom. The molecule has 2 aromatic heterocycles. The van der Waals surface area contributed by atoms with Crippen LogP contribution in [0.3, 0.4) is 0 Å². The van der Waals surface area contributed by atoms with Crippen LogP contribution in [-0.2, 0) is 0 Å². The minimum absolute atomic E-state index is 0.171. The number of hydrogen-bond donors (Lipinski definition) is 0. The molecule has 2 heterocycles. The van der Waals surface area contributed by atoms with E-state index in [9.17, 15) is 4.79 Å². The topological polar surface area (TPSA) is 51.0 Å². The molecule has 0 radical (unpaired) electrons. The molecule has 0 unspecified atom stereocenters. The highest BCUT2D eigenvalue weighted by atomic mass is 35.5. The minimum Gasteiger partial charge on any atom is -0.369 e. The second-order valence-corrected chi connectivity index (χ2v) is 4.30. The van der Waals surface area contributed by atoms with E-state index in [0.717, 1.165) is 13.1 Å². The number of hydrogen-bond acceptors (Lipinski definition) is 4. The molecule has 0 aliphatic heterocycles. The van der Waals surface area contributed by atoms with Gasteiger partial charge in [0, 0.05) is 19.3 Å². The fraction of sp³-hybridized carbons (Fsp3) is 0.308. The van der Waals surface area contributed by atoms with E-state index in [0.29, 0.717) is 11.5 Å². The summed E-state index contributed by atoms with van der Waals surface area (Å²) in [5, 5.41) is 4.31. The molecule has 0 N–H and O–H groups in total. The molecule has 0 aliphatic carbocycles. The summed E-state index contributed by atoms with van der Waals surface area (Å²) >= 11 is 6.16. The summed E-state index contributed by atoms with van der Waals surface area (Å²) in [6.07, 6.45) is 3.21. The molecule has 0 saturated heterocycles. The van der Waals surface area contributed by atoms with Gasteiger partial charge in [0.2, 0.25) is 0 Å². The van der Waals surface area contributed by atoms with E-state index in [1.165, 1.54) is 4.68 Å². The van der Waals surface area contributed by atoms with Gasteiger partial charge in [-0.25, -0.2) is 4.98 Å². The SMILES string of the molecule is CCN(CC)c1cnn(-c2ccccn2)c(=O)c1Cl. The van der Waals surface area contributed by atoms with Crippen molar-refractivity contribution in [3.63, 3.8) is 0 Å². The van der Waals surface area contributed by atoms with E-state index in [1.54, 1.807) is 30.6 Å². The molecule has 0 amide bonds. The zero-order valence-electron chi connectivity index (χ0n) is 10.9. The highest BCUT2D eigenvalue weighted by Crippen LogP contribution is 2.20. The van der Waals surface area contributed by atoms with Gasteiger partial charge in [-0.1, -0.05) is 17.7 Å². The molecule has 6 heteroatoms. The van der Waals surface area contributed by atoms with E-state index in [1.807, 2.05) is 18.7 Å². The third-order valence-electron chi connectivity index (χ3n) is 2.87. The predicted octanol–water partition coefficient (Wildman–Crippen LogP) is 2.13. The van der Waals surface area contributed by atoms with Crippen LogP contribution in [0.1, 0.15) is 13.8 Å². The maximum atomic E-state index is 12.2. The number of aromatic nitrogens is 3. The lowest BCUT2D eigenvalue weighted by Gasteiger charge is -2.21.